The van der Waals surface area contributed by atoms with E-state index in [1.807, 2.05) is 34.5 Å². The van der Waals surface area contributed by atoms with Gasteiger partial charge in [-0.15, -0.1) is 11.3 Å². The number of ether oxygens (including phenoxy) is 1. The van der Waals surface area contributed by atoms with Crippen molar-refractivity contribution in [3.63, 3.8) is 0 Å². The summed E-state index contributed by atoms with van der Waals surface area (Å²) in [5.74, 6) is 0.0655. The Balaban J connectivity index is 1.80. The lowest BCUT2D eigenvalue weighted by Gasteiger charge is -2.31. The lowest BCUT2D eigenvalue weighted by Crippen LogP contribution is -2.40. The molecule has 0 aliphatic carbocycles. The number of carbonyl (C=O) groups is 1. The number of hydrogen-bond acceptors (Lipinski definition) is 4. The highest BCUT2D eigenvalue weighted by atomic mass is 32.1. The highest BCUT2D eigenvalue weighted by Crippen LogP contribution is 2.29. The molecule has 4 nitrogen and oxygen atoms in total. The van der Waals surface area contributed by atoms with Crippen LogP contribution < -0.4 is 5.73 Å². The number of benzene rings is 1. The van der Waals surface area contributed by atoms with Crippen molar-refractivity contribution in [3.8, 4) is 0 Å². The summed E-state index contributed by atoms with van der Waals surface area (Å²) >= 11 is 1.68. The minimum atomic E-state index is -0.371. The van der Waals surface area contributed by atoms with Crippen LogP contribution in [-0.4, -0.2) is 29.6 Å². The smallest absolute Gasteiger partial charge is 0.252 e. The molecule has 3 atom stereocenters. The Morgan fingerprint density at radius 2 is 2.08 bits per heavy atom. The zero-order valence-electron chi connectivity index (χ0n) is 13.9. The molecule has 1 aliphatic rings. The van der Waals surface area contributed by atoms with Gasteiger partial charge in [-0.25, -0.2) is 0 Å². The van der Waals surface area contributed by atoms with Gasteiger partial charge in [0.15, 0.2) is 0 Å². The molecule has 5 heteroatoms. The second-order valence-corrected chi connectivity index (χ2v) is 7.18. The molecule has 1 fully saturated rings. The molecule has 0 bridgehead atoms. The van der Waals surface area contributed by atoms with E-state index in [1.54, 1.807) is 11.3 Å². The molecule has 1 saturated heterocycles. The molecule has 128 valence electrons. The topological polar surface area (TPSA) is 55.6 Å². The zero-order valence-corrected chi connectivity index (χ0v) is 14.7. The summed E-state index contributed by atoms with van der Waals surface area (Å²) in [6, 6.07) is 14.2. The van der Waals surface area contributed by atoms with Gasteiger partial charge in [-0.2, -0.15) is 0 Å². The largest absolute Gasteiger partial charge is 0.364 e. The molecular weight excluding hydrogens is 320 g/mol. The Bertz CT molecular complexity index is 645. The van der Waals surface area contributed by atoms with Gasteiger partial charge in [-0.05, 0) is 36.8 Å². The van der Waals surface area contributed by atoms with Gasteiger partial charge in [-0.1, -0.05) is 36.4 Å². The fourth-order valence-electron chi connectivity index (χ4n) is 3.11. The first-order valence-electron chi connectivity index (χ1n) is 8.42. The number of thiophene rings is 1. The van der Waals surface area contributed by atoms with Crippen molar-refractivity contribution >= 4 is 17.2 Å². The van der Waals surface area contributed by atoms with Crippen LogP contribution in [0.3, 0.4) is 0 Å². The normalized spacial score (nSPS) is 21.6. The molecule has 0 spiro atoms. The van der Waals surface area contributed by atoms with Crippen LogP contribution in [0.5, 0.6) is 0 Å². The maximum atomic E-state index is 13.1. The number of nitrogens with zero attached hydrogens (tertiary/aromatic N) is 1. The highest BCUT2D eigenvalue weighted by Gasteiger charge is 2.35. The molecule has 1 aliphatic heterocycles. The third-order valence-corrected chi connectivity index (χ3v) is 5.59. The van der Waals surface area contributed by atoms with Gasteiger partial charge >= 0.3 is 0 Å². The monoisotopic (exact) mass is 344 g/mol. The SMILES string of the molecule is CC(c1cccs1)N(Cc1ccccc1)C(=O)[C@@H]1CC[C@H](CN)O1. The minimum Gasteiger partial charge on any atom is -0.364 e. The Morgan fingerprint density at radius 3 is 2.71 bits per heavy atom. The molecule has 1 aromatic heterocycles. The van der Waals surface area contributed by atoms with E-state index in [1.165, 1.54) is 4.88 Å². The second-order valence-electron chi connectivity index (χ2n) is 6.20. The van der Waals surface area contributed by atoms with Crippen LogP contribution in [0.25, 0.3) is 0 Å². The van der Waals surface area contributed by atoms with Crippen LogP contribution in [0, 0.1) is 0 Å². The van der Waals surface area contributed by atoms with Gasteiger partial charge in [0.25, 0.3) is 5.91 Å². The van der Waals surface area contributed by atoms with Crippen molar-refractivity contribution in [2.45, 2.75) is 44.6 Å². The van der Waals surface area contributed by atoms with Crippen LogP contribution in [0.4, 0.5) is 0 Å². The summed E-state index contributed by atoms with van der Waals surface area (Å²) in [6.07, 6.45) is 1.25. The predicted octanol–water partition coefficient (Wildman–Crippen LogP) is 3.34. The minimum absolute atomic E-state index is 0.00886. The van der Waals surface area contributed by atoms with E-state index >= 15 is 0 Å². The summed E-state index contributed by atoms with van der Waals surface area (Å²) < 4.78 is 5.85. The number of nitrogens with two attached hydrogens (primary N) is 1. The van der Waals surface area contributed by atoms with Crippen LogP contribution in [0.1, 0.15) is 36.2 Å². The van der Waals surface area contributed by atoms with Gasteiger partial charge in [0.05, 0.1) is 12.1 Å². The molecule has 2 N–H and O–H groups in total. The molecule has 1 unspecified atom stereocenters. The lowest BCUT2D eigenvalue weighted by atomic mass is 10.1. The van der Waals surface area contributed by atoms with Crippen molar-refractivity contribution in [2.24, 2.45) is 5.73 Å². The summed E-state index contributed by atoms with van der Waals surface area (Å²) in [7, 11) is 0. The quantitative estimate of drug-likeness (QED) is 0.874. The summed E-state index contributed by atoms with van der Waals surface area (Å²) in [4.78, 5) is 16.2. The Kier molecular flexibility index (Phi) is 5.66. The standard InChI is InChI=1S/C19H24N2O2S/c1-14(18-8-5-11-24-18)21(13-15-6-3-2-4-7-15)19(22)17-10-9-16(12-20)23-17/h2-8,11,14,16-17H,9-10,12-13,20H2,1H3/t14?,16-,17+/m1/s1. The summed E-state index contributed by atoms with van der Waals surface area (Å²) in [6.45, 7) is 3.15. The van der Waals surface area contributed by atoms with E-state index < -0.39 is 0 Å². The van der Waals surface area contributed by atoms with Crippen molar-refractivity contribution in [1.29, 1.82) is 0 Å². The van der Waals surface area contributed by atoms with Crippen LogP contribution in [0.2, 0.25) is 0 Å². The van der Waals surface area contributed by atoms with E-state index in [0.717, 1.165) is 18.4 Å². The van der Waals surface area contributed by atoms with Gasteiger partial charge < -0.3 is 15.4 Å². The Hall–Kier alpha value is -1.69. The second kappa shape index (κ2) is 7.92. The van der Waals surface area contributed by atoms with E-state index in [0.29, 0.717) is 13.1 Å². The van der Waals surface area contributed by atoms with E-state index in [4.69, 9.17) is 10.5 Å². The molecule has 24 heavy (non-hydrogen) atoms. The molecule has 1 amide bonds. The van der Waals surface area contributed by atoms with Gasteiger partial charge in [0.2, 0.25) is 0 Å². The van der Waals surface area contributed by atoms with Crippen LogP contribution >= 0.6 is 11.3 Å². The Labute approximate surface area is 147 Å². The maximum absolute atomic E-state index is 13.1. The number of hydrogen-bond donors (Lipinski definition) is 1. The average molecular weight is 344 g/mol. The van der Waals surface area contributed by atoms with E-state index in [9.17, 15) is 4.79 Å². The number of rotatable bonds is 6. The van der Waals surface area contributed by atoms with Crippen molar-refractivity contribution in [3.05, 3.63) is 58.3 Å². The zero-order chi connectivity index (χ0) is 16.9. The van der Waals surface area contributed by atoms with Crippen LogP contribution in [0.15, 0.2) is 47.8 Å². The fourth-order valence-corrected chi connectivity index (χ4v) is 3.91. The third-order valence-electron chi connectivity index (χ3n) is 4.55. The molecule has 1 aromatic carbocycles. The van der Waals surface area contributed by atoms with Gasteiger partial charge in [0.1, 0.15) is 6.10 Å². The first-order valence-corrected chi connectivity index (χ1v) is 9.30. The van der Waals surface area contributed by atoms with Crippen LogP contribution in [-0.2, 0) is 16.1 Å². The fraction of sp³-hybridized carbons (Fsp3) is 0.421. The van der Waals surface area contributed by atoms with E-state index in [2.05, 4.69) is 25.1 Å². The van der Waals surface area contributed by atoms with Crippen molar-refractivity contribution in [1.82, 2.24) is 4.90 Å². The molecule has 0 radical (unpaired) electrons. The summed E-state index contributed by atoms with van der Waals surface area (Å²) in [5, 5.41) is 2.05. The van der Waals surface area contributed by atoms with Gasteiger partial charge in [-0.3, -0.25) is 4.79 Å². The Morgan fingerprint density at radius 1 is 1.29 bits per heavy atom. The predicted molar refractivity (Wildman–Crippen MR) is 96.7 cm³/mol. The maximum Gasteiger partial charge on any atom is 0.252 e. The molecule has 0 saturated carbocycles. The first kappa shape index (κ1) is 17.1. The molecule has 2 heterocycles. The molecule has 3 rings (SSSR count). The third kappa shape index (κ3) is 3.86. The van der Waals surface area contributed by atoms with Crippen molar-refractivity contribution in [2.75, 3.05) is 6.54 Å². The number of carbonyl (C=O) groups excluding carboxylic acids is 1. The van der Waals surface area contributed by atoms with E-state index in [-0.39, 0.29) is 24.2 Å². The van der Waals surface area contributed by atoms with Gasteiger partial charge in [0, 0.05) is 18.0 Å². The molecule has 2 aromatic rings. The average Bonchev–Trinajstić information content (AvgIpc) is 3.30. The first-order chi connectivity index (χ1) is 11.7. The van der Waals surface area contributed by atoms with Crippen molar-refractivity contribution < 1.29 is 9.53 Å². The molecular formula is C19H24N2O2S. The highest BCUT2D eigenvalue weighted by molar-refractivity contribution is 7.10. The number of amides is 1. The lowest BCUT2D eigenvalue weighted by molar-refractivity contribution is -0.145. The summed E-state index contributed by atoms with van der Waals surface area (Å²) in [5.41, 5.74) is 6.81.